The van der Waals surface area contributed by atoms with Crippen LogP contribution in [0.15, 0.2) is 23.1 Å². The molecule has 0 aromatic heterocycles. The quantitative estimate of drug-likeness (QED) is 0.680. The molecule has 0 radical (unpaired) electrons. The van der Waals surface area contributed by atoms with Crippen molar-refractivity contribution in [3.8, 4) is 0 Å². The normalized spacial score (nSPS) is 16.2. The molecule has 1 aliphatic rings. The van der Waals surface area contributed by atoms with Crippen LogP contribution in [0, 0.1) is 11.8 Å². The van der Waals surface area contributed by atoms with Gasteiger partial charge in [0.15, 0.2) is 0 Å². The molecule has 112 valence electrons. The number of nitrogens with one attached hydrogen (secondary N) is 1. The van der Waals surface area contributed by atoms with Crippen molar-refractivity contribution in [3.05, 3.63) is 28.8 Å². The Morgan fingerprint density at radius 2 is 2.05 bits per heavy atom. The van der Waals surface area contributed by atoms with Crippen LogP contribution in [-0.2, 0) is 6.54 Å². The van der Waals surface area contributed by atoms with Gasteiger partial charge in [-0.1, -0.05) is 44.4 Å². The van der Waals surface area contributed by atoms with E-state index < -0.39 is 0 Å². The van der Waals surface area contributed by atoms with Crippen LogP contribution in [0.3, 0.4) is 0 Å². The predicted octanol–water partition coefficient (Wildman–Crippen LogP) is 5.37. The number of hydrogen-bond donors (Lipinski definition) is 1. The molecule has 1 aromatic rings. The minimum Gasteiger partial charge on any atom is -0.312 e. The first kappa shape index (κ1) is 16.2. The van der Waals surface area contributed by atoms with Crippen molar-refractivity contribution in [1.82, 2.24) is 5.32 Å². The van der Waals surface area contributed by atoms with Crippen molar-refractivity contribution in [2.45, 2.75) is 51.0 Å². The monoisotopic (exact) mass is 311 g/mol. The number of benzene rings is 1. The zero-order chi connectivity index (χ0) is 14.4. The van der Waals surface area contributed by atoms with E-state index in [0.29, 0.717) is 5.92 Å². The van der Waals surface area contributed by atoms with Crippen LogP contribution in [-0.4, -0.2) is 12.3 Å². The summed E-state index contributed by atoms with van der Waals surface area (Å²) in [5.41, 5.74) is 1.28. The molecule has 0 unspecified atom stereocenters. The van der Waals surface area contributed by atoms with Gasteiger partial charge >= 0.3 is 0 Å². The van der Waals surface area contributed by atoms with Crippen molar-refractivity contribution in [2.75, 3.05) is 12.3 Å². The first-order valence-electron chi connectivity index (χ1n) is 7.77. The van der Waals surface area contributed by atoms with Gasteiger partial charge in [-0.25, -0.2) is 0 Å². The lowest BCUT2D eigenvalue weighted by Crippen LogP contribution is -2.19. The summed E-state index contributed by atoms with van der Waals surface area (Å²) >= 11 is 8.38. The Balaban J connectivity index is 1.93. The summed E-state index contributed by atoms with van der Waals surface area (Å²) in [6.45, 7) is 6.38. The zero-order valence-electron chi connectivity index (χ0n) is 12.6. The molecule has 0 saturated heterocycles. The minimum atomic E-state index is 0.673. The Hall–Kier alpha value is -0.180. The van der Waals surface area contributed by atoms with Gasteiger partial charge in [-0.2, -0.15) is 0 Å². The van der Waals surface area contributed by atoms with E-state index in [4.69, 9.17) is 11.6 Å². The summed E-state index contributed by atoms with van der Waals surface area (Å²) in [6, 6.07) is 6.30. The van der Waals surface area contributed by atoms with Crippen molar-refractivity contribution in [1.29, 1.82) is 0 Å². The summed E-state index contributed by atoms with van der Waals surface area (Å²) < 4.78 is 0. The molecule has 1 nitrogen and oxygen atoms in total. The molecule has 0 aliphatic heterocycles. The van der Waals surface area contributed by atoms with Crippen molar-refractivity contribution in [3.63, 3.8) is 0 Å². The highest BCUT2D eigenvalue weighted by atomic mass is 35.5. The van der Waals surface area contributed by atoms with E-state index in [1.54, 1.807) is 0 Å². The maximum Gasteiger partial charge on any atom is 0.0462 e. The summed E-state index contributed by atoms with van der Waals surface area (Å²) in [7, 11) is 0. The summed E-state index contributed by atoms with van der Waals surface area (Å²) in [5, 5.41) is 4.41. The molecule has 1 fully saturated rings. The van der Waals surface area contributed by atoms with Gasteiger partial charge in [0.1, 0.15) is 0 Å². The lowest BCUT2D eigenvalue weighted by molar-refractivity contribution is 0.550. The fourth-order valence-electron chi connectivity index (χ4n) is 2.72. The number of hydrogen-bond acceptors (Lipinski definition) is 2. The van der Waals surface area contributed by atoms with E-state index in [0.717, 1.165) is 24.0 Å². The molecule has 0 atom stereocenters. The van der Waals surface area contributed by atoms with Crippen LogP contribution >= 0.6 is 23.4 Å². The molecule has 1 aliphatic carbocycles. The first-order valence-corrected chi connectivity index (χ1v) is 9.14. The van der Waals surface area contributed by atoms with Crippen LogP contribution in [0.5, 0.6) is 0 Å². The van der Waals surface area contributed by atoms with Gasteiger partial charge in [0.25, 0.3) is 0 Å². The molecule has 1 saturated carbocycles. The molecular weight excluding hydrogens is 286 g/mol. The molecular formula is C17H26ClNS. The molecule has 1 aromatic carbocycles. The molecule has 0 heterocycles. The van der Waals surface area contributed by atoms with Crippen LogP contribution in [0.25, 0.3) is 0 Å². The zero-order valence-corrected chi connectivity index (χ0v) is 14.2. The molecule has 1 N–H and O–H groups in total. The van der Waals surface area contributed by atoms with Gasteiger partial charge in [-0.3, -0.25) is 0 Å². The fourth-order valence-corrected chi connectivity index (χ4v) is 4.29. The minimum absolute atomic E-state index is 0.673. The van der Waals surface area contributed by atoms with Crippen LogP contribution in [0.4, 0.5) is 0 Å². The Kier molecular flexibility index (Phi) is 6.73. The lowest BCUT2D eigenvalue weighted by Gasteiger charge is -2.15. The van der Waals surface area contributed by atoms with E-state index in [1.165, 1.54) is 41.9 Å². The maximum absolute atomic E-state index is 6.39. The predicted molar refractivity (Wildman–Crippen MR) is 90.7 cm³/mol. The van der Waals surface area contributed by atoms with Crippen LogP contribution in [0.2, 0.25) is 5.02 Å². The second kappa shape index (κ2) is 8.31. The first-order chi connectivity index (χ1) is 9.66. The highest BCUT2D eigenvalue weighted by Gasteiger charge is 2.16. The Labute approximate surface area is 132 Å². The number of halogens is 1. The highest BCUT2D eigenvalue weighted by Crippen LogP contribution is 2.34. The van der Waals surface area contributed by atoms with Gasteiger partial charge in [-0.15, -0.1) is 11.8 Å². The molecule has 20 heavy (non-hydrogen) atoms. The lowest BCUT2D eigenvalue weighted by atomic mass is 10.1. The third-order valence-corrected chi connectivity index (χ3v) is 5.57. The van der Waals surface area contributed by atoms with Gasteiger partial charge in [0, 0.05) is 22.2 Å². The SMILES string of the molecule is CC(C)CNCc1c(Cl)cccc1SCC1CCCC1. The maximum atomic E-state index is 6.39. The van der Waals surface area contributed by atoms with E-state index in [9.17, 15) is 0 Å². The highest BCUT2D eigenvalue weighted by molar-refractivity contribution is 7.99. The van der Waals surface area contributed by atoms with Gasteiger partial charge in [0.05, 0.1) is 0 Å². The molecule has 0 spiro atoms. The smallest absolute Gasteiger partial charge is 0.0462 e. The van der Waals surface area contributed by atoms with E-state index in [1.807, 2.05) is 17.8 Å². The van der Waals surface area contributed by atoms with Gasteiger partial charge in [0.2, 0.25) is 0 Å². The van der Waals surface area contributed by atoms with E-state index in [2.05, 4.69) is 31.3 Å². The summed E-state index contributed by atoms with van der Waals surface area (Å²) in [6.07, 6.45) is 5.66. The number of rotatable bonds is 7. The fraction of sp³-hybridized carbons (Fsp3) is 0.647. The molecule has 3 heteroatoms. The van der Waals surface area contributed by atoms with Crippen molar-refractivity contribution < 1.29 is 0 Å². The topological polar surface area (TPSA) is 12.0 Å². The van der Waals surface area contributed by atoms with E-state index >= 15 is 0 Å². The standard InChI is InChI=1S/C17H26ClNS/c1-13(2)10-19-11-15-16(18)8-5-9-17(15)20-12-14-6-3-4-7-14/h5,8-9,13-14,19H,3-4,6-7,10-12H2,1-2H3. The largest absolute Gasteiger partial charge is 0.312 e. The molecule has 2 rings (SSSR count). The van der Waals surface area contributed by atoms with Crippen LogP contribution < -0.4 is 5.32 Å². The van der Waals surface area contributed by atoms with Gasteiger partial charge in [-0.05, 0) is 48.9 Å². The van der Waals surface area contributed by atoms with Crippen molar-refractivity contribution >= 4 is 23.4 Å². The van der Waals surface area contributed by atoms with Crippen molar-refractivity contribution in [2.24, 2.45) is 11.8 Å². The second-order valence-electron chi connectivity index (χ2n) is 6.20. The second-order valence-corrected chi connectivity index (χ2v) is 7.67. The Morgan fingerprint density at radius 1 is 1.30 bits per heavy atom. The third kappa shape index (κ3) is 4.98. The van der Waals surface area contributed by atoms with E-state index in [-0.39, 0.29) is 0 Å². The summed E-state index contributed by atoms with van der Waals surface area (Å²) in [4.78, 5) is 1.36. The van der Waals surface area contributed by atoms with Crippen LogP contribution in [0.1, 0.15) is 45.1 Å². The average Bonchev–Trinajstić information content (AvgIpc) is 2.91. The molecule has 0 amide bonds. The summed E-state index contributed by atoms with van der Waals surface area (Å²) in [5.74, 6) is 2.83. The average molecular weight is 312 g/mol. The number of thioether (sulfide) groups is 1. The third-order valence-electron chi connectivity index (χ3n) is 3.88. The Bertz CT molecular complexity index is 413. The molecule has 0 bridgehead atoms. The van der Waals surface area contributed by atoms with Gasteiger partial charge < -0.3 is 5.32 Å². The Morgan fingerprint density at radius 3 is 2.75 bits per heavy atom.